The van der Waals surface area contributed by atoms with Crippen LogP contribution in [0.2, 0.25) is 0 Å². The van der Waals surface area contributed by atoms with Gasteiger partial charge in [-0.1, -0.05) is 34.1 Å². The summed E-state index contributed by atoms with van der Waals surface area (Å²) in [6.07, 6.45) is 2.90. The molecule has 0 aliphatic heterocycles. The van der Waals surface area contributed by atoms with Crippen molar-refractivity contribution in [1.82, 2.24) is 9.78 Å². The molecule has 0 atom stereocenters. The summed E-state index contributed by atoms with van der Waals surface area (Å²) in [6.45, 7) is 0.215. The lowest BCUT2D eigenvalue weighted by Gasteiger charge is -2.06. The Hall–Kier alpha value is -2.19. The predicted molar refractivity (Wildman–Crippen MR) is 92.7 cm³/mol. The second-order valence-corrected chi connectivity index (χ2v) is 7.68. The first kappa shape index (κ1) is 16.7. The maximum Gasteiger partial charge on any atom is 0.261 e. The van der Waals surface area contributed by atoms with Gasteiger partial charge in [-0.05, 0) is 30.3 Å². The minimum atomic E-state index is -3.70. The van der Waals surface area contributed by atoms with Crippen molar-refractivity contribution in [2.45, 2.75) is 11.4 Å². The predicted octanol–water partition coefficient (Wildman–Crippen LogP) is 3.63. The summed E-state index contributed by atoms with van der Waals surface area (Å²) in [5.74, 6) is -0.329. The summed E-state index contributed by atoms with van der Waals surface area (Å²) in [5.41, 5.74) is 0.789. The van der Waals surface area contributed by atoms with Gasteiger partial charge in [-0.2, -0.15) is 5.10 Å². The summed E-state index contributed by atoms with van der Waals surface area (Å²) in [6, 6.07) is 12.7. The zero-order chi connectivity index (χ0) is 17.2. The van der Waals surface area contributed by atoms with Gasteiger partial charge >= 0.3 is 0 Å². The fourth-order valence-corrected chi connectivity index (χ4v) is 3.42. The van der Waals surface area contributed by atoms with Crippen molar-refractivity contribution in [2.24, 2.45) is 0 Å². The van der Waals surface area contributed by atoms with Gasteiger partial charge in [0.2, 0.25) is 0 Å². The zero-order valence-corrected chi connectivity index (χ0v) is 14.8. The van der Waals surface area contributed by atoms with Crippen molar-refractivity contribution in [1.29, 1.82) is 0 Å². The quantitative estimate of drug-likeness (QED) is 0.699. The van der Waals surface area contributed by atoms with E-state index in [1.54, 1.807) is 30.3 Å². The van der Waals surface area contributed by atoms with Crippen LogP contribution in [0.25, 0.3) is 0 Å². The van der Waals surface area contributed by atoms with Gasteiger partial charge < -0.3 is 0 Å². The topological polar surface area (TPSA) is 64.0 Å². The number of hydrogen-bond acceptors (Lipinski definition) is 3. The van der Waals surface area contributed by atoms with Crippen LogP contribution in [0.5, 0.6) is 0 Å². The average molecular weight is 410 g/mol. The second-order valence-electron chi connectivity index (χ2n) is 5.08. The van der Waals surface area contributed by atoms with Crippen molar-refractivity contribution in [3.63, 3.8) is 0 Å². The standard InChI is InChI=1S/C16H13BrFN3O2S/c17-13-5-7-15(8-6-13)24(22,23)20-14-9-19-21(11-14)10-12-3-1-2-4-16(12)18/h1-9,11,20H,10H2. The van der Waals surface area contributed by atoms with Gasteiger partial charge in [-0.25, -0.2) is 12.8 Å². The number of nitrogens with one attached hydrogen (secondary N) is 1. The minimum Gasteiger partial charge on any atom is -0.276 e. The number of rotatable bonds is 5. The van der Waals surface area contributed by atoms with E-state index >= 15 is 0 Å². The molecule has 24 heavy (non-hydrogen) atoms. The highest BCUT2D eigenvalue weighted by atomic mass is 79.9. The minimum absolute atomic E-state index is 0.146. The lowest BCUT2D eigenvalue weighted by atomic mass is 10.2. The summed E-state index contributed by atoms with van der Waals surface area (Å²) >= 11 is 3.26. The third-order valence-corrected chi connectivity index (χ3v) is 5.23. The van der Waals surface area contributed by atoms with E-state index in [1.807, 2.05) is 0 Å². The third kappa shape index (κ3) is 3.82. The highest BCUT2D eigenvalue weighted by Crippen LogP contribution is 2.18. The molecule has 3 aromatic rings. The Labute approximate surface area is 147 Å². The first-order valence-electron chi connectivity index (χ1n) is 6.98. The monoisotopic (exact) mass is 409 g/mol. The highest BCUT2D eigenvalue weighted by Gasteiger charge is 2.15. The molecule has 5 nitrogen and oxygen atoms in total. The van der Waals surface area contributed by atoms with E-state index < -0.39 is 10.0 Å². The van der Waals surface area contributed by atoms with Gasteiger partial charge in [0.25, 0.3) is 10.0 Å². The Morgan fingerprint density at radius 1 is 1.12 bits per heavy atom. The van der Waals surface area contributed by atoms with E-state index in [0.29, 0.717) is 11.3 Å². The average Bonchev–Trinajstić information content (AvgIpc) is 2.96. The molecular formula is C16H13BrFN3O2S. The third-order valence-electron chi connectivity index (χ3n) is 3.30. The van der Waals surface area contributed by atoms with Crippen molar-refractivity contribution < 1.29 is 12.8 Å². The molecule has 0 saturated carbocycles. The van der Waals surface area contributed by atoms with Gasteiger partial charge in [-0.3, -0.25) is 9.40 Å². The van der Waals surface area contributed by atoms with E-state index in [0.717, 1.165) is 4.47 Å². The Bertz CT molecular complexity index is 955. The van der Waals surface area contributed by atoms with Crippen molar-refractivity contribution in [3.8, 4) is 0 Å². The number of sulfonamides is 1. The molecule has 0 aliphatic carbocycles. The van der Waals surface area contributed by atoms with Crippen molar-refractivity contribution >= 4 is 31.6 Å². The molecule has 1 heterocycles. The number of nitrogens with zero attached hydrogens (tertiary/aromatic N) is 2. The number of aromatic nitrogens is 2. The molecule has 124 valence electrons. The number of halogens is 2. The lowest BCUT2D eigenvalue weighted by molar-refractivity contribution is 0.585. The second kappa shape index (κ2) is 6.74. The van der Waals surface area contributed by atoms with Crippen LogP contribution >= 0.6 is 15.9 Å². The fourth-order valence-electron chi connectivity index (χ4n) is 2.13. The van der Waals surface area contributed by atoms with E-state index in [2.05, 4.69) is 25.8 Å². The molecule has 0 aliphatic rings. The maximum absolute atomic E-state index is 13.7. The normalized spacial score (nSPS) is 11.4. The highest BCUT2D eigenvalue weighted by molar-refractivity contribution is 9.10. The van der Waals surface area contributed by atoms with Crippen LogP contribution in [0.1, 0.15) is 5.56 Å². The summed E-state index contributed by atoms with van der Waals surface area (Å²) in [5, 5.41) is 4.06. The molecule has 0 spiro atoms. The molecular weight excluding hydrogens is 397 g/mol. The molecule has 2 aromatic carbocycles. The number of benzene rings is 2. The summed E-state index contributed by atoms with van der Waals surface area (Å²) < 4.78 is 43.0. The van der Waals surface area contributed by atoms with Crippen molar-refractivity contribution in [3.05, 3.63) is 76.8 Å². The van der Waals surface area contributed by atoms with Gasteiger partial charge in [0.15, 0.2) is 0 Å². The molecule has 3 rings (SSSR count). The molecule has 0 radical (unpaired) electrons. The molecule has 1 aromatic heterocycles. The van der Waals surface area contributed by atoms with Gasteiger partial charge in [-0.15, -0.1) is 0 Å². The molecule has 0 bridgehead atoms. The SMILES string of the molecule is O=S(=O)(Nc1cnn(Cc2ccccc2F)c1)c1ccc(Br)cc1. The molecule has 0 amide bonds. The van der Waals surface area contributed by atoms with Crippen molar-refractivity contribution in [2.75, 3.05) is 4.72 Å². The van der Waals surface area contributed by atoms with Crippen LogP contribution < -0.4 is 4.72 Å². The van der Waals surface area contributed by atoms with E-state index in [-0.39, 0.29) is 17.3 Å². The molecule has 0 saturated heterocycles. The fraction of sp³-hybridized carbons (Fsp3) is 0.0625. The lowest BCUT2D eigenvalue weighted by Crippen LogP contribution is -2.12. The zero-order valence-electron chi connectivity index (χ0n) is 12.4. The Balaban J connectivity index is 1.76. The molecule has 0 fully saturated rings. The van der Waals surface area contributed by atoms with E-state index in [9.17, 15) is 12.8 Å². The Kier molecular flexibility index (Phi) is 4.68. The van der Waals surface area contributed by atoms with E-state index in [1.165, 1.54) is 35.3 Å². The van der Waals surface area contributed by atoms with E-state index in [4.69, 9.17) is 0 Å². The number of hydrogen-bond donors (Lipinski definition) is 1. The molecule has 0 unspecified atom stereocenters. The Morgan fingerprint density at radius 3 is 2.54 bits per heavy atom. The summed E-state index contributed by atoms with van der Waals surface area (Å²) in [4.78, 5) is 0.146. The Morgan fingerprint density at radius 2 is 1.83 bits per heavy atom. The van der Waals surface area contributed by atoms with Crippen LogP contribution in [0, 0.1) is 5.82 Å². The van der Waals surface area contributed by atoms with Gasteiger partial charge in [0.1, 0.15) is 5.82 Å². The molecule has 1 N–H and O–H groups in total. The van der Waals surface area contributed by atoms with Crippen LogP contribution in [0.15, 0.2) is 70.3 Å². The first-order chi connectivity index (χ1) is 11.4. The first-order valence-corrected chi connectivity index (χ1v) is 9.26. The van der Waals surface area contributed by atoms with Crippen LogP contribution in [0.4, 0.5) is 10.1 Å². The molecule has 8 heteroatoms. The summed E-state index contributed by atoms with van der Waals surface area (Å²) in [7, 11) is -3.70. The van der Waals surface area contributed by atoms with Gasteiger partial charge in [0.05, 0.1) is 23.3 Å². The van der Waals surface area contributed by atoms with Crippen LogP contribution in [-0.2, 0) is 16.6 Å². The number of anilines is 1. The van der Waals surface area contributed by atoms with Crippen LogP contribution in [-0.4, -0.2) is 18.2 Å². The largest absolute Gasteiger partial charge is 0.276 e. The van der Waals surface area contributed by atoms with Gasteiger partial charge in [0, 0.05) is 16.2 Å². The van der Waals surface area contributed by atoms with Crippen LogP contribution in [0.3, 0.4) is 0 Å². The maximum atomic E-state index is 13.7. The smallest absolute Gasteiger partial charge is 0.261 e.